The molecular formula is C16H23BrClN3O3. The standard InChI is InChI=1S/C16H22BrN3O3.ClH/c1-23-16(7-10-18-11-8-16)15(22)19-9-6-14(21)20-13-4-2-12(17)3-5-13;/h2-5,18H,6-11H2,1H3,(H,19,22)(H,20,21);1H. The summed E-state index contributed by atoms with van der Waals surface area (Å²) in [5.74, 6) is -0.276. The Labute approximate surface area is 156 Å². The van der Waals surface area contributed by atoms with Gasteiger partial charge in [0.2, 0.25) is 5.91 Å². The Morgan fingerprint density at radius 2 is 1.88 bits per heavy atom. The Morgan fingerprint density at radius 1 is 1.25 bits per heavy atom. The number of methoxy groups -OCH3 is 1. The summed E-state index contributed by atoms with van der Waals surface area (Å²) in [6.45, 7) is 1.80. The Morgan fingerprint density at radius 3 is 2.46 bits per heavy atom. The van der Waals surface area contributed by atoms with Crippen molar-refractivity contribution in [1.82, 2.24) is 10.6 Å². The molecule has 24 heavy (non-hydrogen) atoms. The summed E-state index contributed by atoms with van der Waals surface area (Å²) in [7, 11) is 1.56. The molecule has 0 atom stereocenters. The second-order valence-corrected chi connectivity index (χ2v) is 6.43. The molecular weight excluding hydrogens is 398 g/mol. The SMILES string of the molecule is COC1(C(=O)NCCC(=O)Nc2ccc(Br)cc2)CCNCC1.Cl. The molecule has 0 bridgehead atoms. The van der Waals surface area contributed by atoms with E-state index in [-0.39, 0.29) is 30.6 Å². The monoisotopic (exact) mass is 419 g/mol. The van der Waals surface area contributed by atoms with E-state index in [1.807, 2.05) is 24.3 Å². The number of ether oxygens (including phenoxy) is 1. The fraction of sp³-hybridized carbons (Fsp3) is 0.500. The molecule has 0 radical (unpaired) electrons. The highest BCUT2D eigenvalue weighted by atomic mass is 79.9. The van der Waals surface area contributed by atoms with E-state index in [9.17, 15) is 9.59 Å². The number of rotatable bonds is 6. The number of carbonyl (C=O) groups is 2. The van der Waals surface area contributed by atoms with E-state index in [1.165, 1.54) is 0 Å². The highest BCUT2D eigenvalue weighted by Gasteiger charge is 2.39. The van der Waals surface area contributed by atoms with Crippen molar-refractivity contribution in [2.75, 3.05) is 32.1 Å². The fourth-order valence-electron chi connectivity index (χ4n) is 2.56. The zero-order valence-corrected chi connectivity index (χ0v) is 16.0. The van der Waals surface area contributed by atoms with Gasteiger partial charge in [-0.3, -0.25) is 9.59 Å². The maximum absolute atomic E-state index is 12.3. The van der Waals surface area contributed by atoms with E-state index in [2.05, 4.69) is 31.9 Å². The van der Waals surface area contributed by atoms with E-state index in [0.717, 1.165) is 23.2 Å². The third kappa shape index (κ3) is 5.73. The maximum Gasteiger partial charge on any atom is 0.252 e. The van der Waals surface area contributed by atoms with Crippen molar-refractivity contribution in [3.8, 4) is 0 Å². The minimum Gasteiger partial charge on any atom is -0.368 e. The van der Waals surface area contributed by atoms with Crippen LogP contribution in [0.15, 0.2) is 28.7 Å². The second-order valence-electron chi connectivity index (χ2n) is 5.51. The molecule has 6 nitrogen and oxygen atoms in total. The Kier molecular flexibility index (Phi) is 8.69. The molecule has 2 rings (SSSR count). The van der Waals surface area contributed by atoms with Crippen molar-refractivity contribution < 1.29 is 14.3 Å². The van der Waals surface area contributed by atoms with Crippen LogP contribution in [0.2, 0.25) is 0 Å². The highest BCUT2D eigenvalue weighted by Crippen LogP contribution is 2.22. The molecule has 1 saturated heterocycles. The van der Waals surface area contributed by atoms with Crippen LogP contribution < -0.4 is 16.0 Å². The van der Waals surface area contributed by atoms with Gasteiger partial charge < -0.3 is 20.7 Å². The van der Waals surface area contributed by atoms with Gasteiger partial charge >= 0.3 is 0 Å². The molecule has 1 aromatic carbocycles. The lowest BCUT2D eigenvalue weighted by Crippen LogP contribution is -2.54. The Bertz CT molecular complexity index is 548. The molecule has 1 aliphatic rings. The van der Waals surface area contributed by atoms with Crippen LogP contribution in [0.25, 0.3) is 0 Å². The fourth-order valence-corrected chi connectivity index (χ4v) is 2.83. The van der Waals surface area contributed by atoms with Crippen molar-refractivity contribution in [1.29, 1.82) is 0 Å². The molecule has 0 aliphatic carbocycles. The number of carbonyl (C=O) groups excluding carboxylic acids is 2. The maximum atomic E-state index is 12.3. The normalized spacial score (nSPS) is 15.9. The molecule has 0 aromatic heterocycles. The number of halogens is 2. The first-order chi connectivity index (χ1) is 11.1. The van der Waals surface area contributed by atoms with Crippen LogP contribution in [-0.2, 0) is 14.3 Å². The predicted molar refractivity (Wildman–Crippen MR) is 99.5 cm³/mol. The smallest absolute Gasteiger partial charge is 0.252 e. The highest BCUT2D eigenvalue weighted by molar-refractivity contribution is 9.10. The number of hydrogen-bond acceptors (Lipinski definition) is 4. The first-order valence-electron chi connectivity index (χ1n) is 7.65. The van der Waals surface area contributed by atoms with Crippen LogP contribution in [-0.4, -0.2) is 44.2 Å². The zero-order valence-electron chi connectivity index (χ0n) is 13.6. The molecule has 1 heterocycles. The first-order valence-corrected chi connectivity index (χ1v) is 8.45. The van der Waals surface area contributed by atoms with Gasteiger partial charge in [-0.1, -0.05) is 15.9 Å². The van der Waals surface area contributed by atoms with Gasteiger partial charge in [0.1, 0.15) is 5.60 Å². The van der Waals surface area contributed by atoms with Crippen LogP contribution in [0.5, 0.6) is 0 Å². The average molecular weight is 421 g/mol. The molecule has 8 heteroatoms. The number of piperidine rings is 1. The minimum atomic E-state index is -0.770. The van der Waals surface area contributed by atoms with Crippen LogP contribution >= 0.6 is 28.3 Å². The van der Waals surface area contributed by atoms with Crippen LogP contribution in [0.4, 0.5) is 5.69 Å². The van der Waals surface area contributed by atoms with Gasteiger partial charge in [0.15, 0.2) is 0 Å². The van der Waals surface area contributed by atoms with Crippen LogP contribution in [0, 0.1) is 0 Å². The lowest BCUT2D eigenvalue weighted by Gasteiger charge is -2.34. The largest absolute Gasteiger partial charge is 0.368 e. The summed E-state index contributed by atoms with van der Waals surface area (Å²) < 4.78 is 6.40. The first kappa shape index (κ1) is 20.9. The second kappa shape index (κ2) is 9.98. The molecule has 0 saturated carbocycles. The third-order valence-electron chi connectivity index (χ3n) is 3.98. The van der Waals surface area contributed by atoms with Gasteiger partial charge in [-0.25, -0.2) is 0 Å². The molecule has 1 aromatic rings. The summed E-state index contributed by atoms with van der Waals surface area (Å²) in [5, 5.41) is 8.81. The summed E-state index contributed by atoms with van der Waals surface area (Å²) >= 11 is 3.34. The van der Waals surface area contributed by atoms with Crippen molar-refractivity contribution >= 4 is 45.8 Å². The minimum absolute atomic E-state index is 0. The summed E-state index contributed by atoms with van der Waals surface area (Å²) in [4.78, 5) is 24.2. The van der Waals surface area contributed by atoms with Crippen LogP contribution in [0.3, 0.4) is 0 Å². The Balaban J connectivity index is 0.00000288. The number of nitrogens with one attached hydrogen (secondary N) is 3. The molecule has 0 unspecified atom stereocenters. The van der Waals surface area contributed by atoms with E-state index in [1.54, 1.807) is 7.11 Å². The van der Waals surface area contributed by atoms with Gasteiger partial charge in [-0.2, -0.15) is 0 Å². The topological polar surface area (TPSA) is 79.5 Å². The van der Waals surface area contributed by atoms with Gasteiger partial charge in [-0.05, 0) is 50.2 Å². The molecule has 134 valence electrons. The average Bonchev–Trinajstić information content (AvgIpc) is 2.57. The van der Waals surface area contributed by atoms with Crippen LogP contribution in [0.1, 0.15) is 19.3 Å². The number of anilines is 1. The quantitative estimate of drug-likeness (QED) is 0.658. The zero-order chi connectivity index (χ0) is 16.7. The molecule has 2 amide bonds. The summed E-state index contributed by atoms with van der Waals surface area (Å²) in [6.07, 6.45) is 1.50. The van der Waals surface area contributed by atoms with Crippen molar-refractivity contribution in [3.05, 3.63) is 28.7 Å². The van der Waals surface area contributed by atoms with Gasteiger partial charge in [0.05, 0.1) is 0 Å². The predicted octanol–water partition coefficient (Wildman–Crippen LogP) is 2.08. The van der Waals surface area contributed by atoms with E-state index in [4.69, 9.17) is 4.74 Å². The summed E-state index contributed by atoms with van der Waals surface area (Å²) in [6, 6.07) is 7.35. The number of amides is 2. The van der Waals surface area contributed by atoms with E-state index in [0.29, 0.717) is 19.4 Å². The van der Waals surface area contributed by atoms with Crippen molar-refractivity contribution in [2.45, 2.75) is 24.9 Å². The van der Waals surface area contributed by atoms with E-state index < -0.39 is 5.60 Å². The lowest BCUT2D eigenvalue weighted by molar-refractivity contribution is -0.146. The van der Waals surface area contributed by atoms with Gasteiger partial charge in [0, 0.05) is 30.2 Å². The van der Waals surface area contributed by atoms with E-state index >= 15 is 0 Å². The number of benzene rings is 1. The number of hydrogen-bond donors (Lipinski definition) is 3. The third-order valence-corrected chi connectivity index (χ3v) is 4.51. The lowest BCUT2D eigenvalue weighted by atomic mass is 9.91. The molecule has 0 spiro atoms. The molecule has 3 N–H and O–H groups in total. The van der Waals surface area contributed by atoms with Crippen molar-refractivity contribution in [2.24, 2.45) is 0 Å². The molecule has 1 aliphatic heterocycles. The summed E-state index contributed by atoms with van der Waals surface area (Å²) in [5.41, 5.74) is -0.0378. The Hall–Kier alpha value is -1.15. The van der Waals surface area contributed by atoms with Crippen molar-refractivity contribution in [3.63, 3.8) is 0 Å². The van der Waals surface area contributed by atoms with Gasteiger partial charge in [0.25, 0.3) is 5.91 Å². The van der Waals surface area contributed by atoms with Gasteiger partial charge in [-0.15, -0.1) is 12.4 Å². The molecule has 1 fully saturated rings.